The molecule has 0 bridgehead atoms. The number of amides is 1. The van der Waals surface area contributed by atoms with Crippen LogP contribution in [-0.2, 0) is 26.0 Å². The van der Waals surface area contributed by atoms with Crippen molar-refractivity contribution < 1.29 is 27.5 Å². The fraction of sp³-hybridized carbons (Fsp3) is 0.370. The average molecular weight is 605 g/mol. The second kappa shape index (κ2) is 12.7. The van der Waals surface area contributed by atoms with Gasteiger partial charge in [0, 0.05) is 27.6 Å². The van der Waals surface area contributed by atoms with Crippen LogP contribution in [0.3, 0.4) is 0 Å². The Hall–Kier alpha value is -3.97. The van der Waals surface area contributed by atoms with E-state index < -0.39 is 33.7 Å². The summed E-state index contributed by atoms with van der Waals surface area (Å²) in [4.78, 5) is 38.6. The van der Waals surface area contributed by atoms with Crippen LogP contribution < -0.4 is 14.4 Å². The van der Waals surface area contributed by atoms with Crippen molar-refractivity contribution in [2.45, 2.75) is 50.7 Å². The molecule has 0 aliphatic rings. The Labute approximate surface area is 244 Å². The first kappa shape index (κ1) is 31.6. The third-order valence-corrected chi connectivity index (χ3v) is 7.41. The molecule has 3 rings (SSSR count). The van der Waals surface area contributed by atoms with Crippen molar-refractivity contribution in [1.29, 1.82) is 0 Å². The highest BCUT2D eigenvalue weighted by atomic mass is 35.5. The number of esters is 1. The smallest absolute Gasteiger partial charge is 0.414 e. The maximum atomic E-state index is 13.2. The second-order valence-corrected chi connectivity index (χ2v) is 12.7. The molecule has 2 aromatic carbocycles. The second-order valence-electron chi connectivity index (χ2n) is 10.4. The molecule has 1 N–H and O–H groups in total. The van der Waals surface area contributed by atoms with Crippen molar-refractivity contribution in [2.24, 2.45) is 0 Å². The van der Waals surface area contributed by atoms with Crippen molar-refractivity contribution in [3.05, 3.63) is 64.9 Å². The molecule has 0 saturated carbocycles. The molecule has 41 heavy (non-hydrogen) atoms. The number of aromatic nitrogens is 3. The fourth-order valence-electron chi connectivity index (χ4n) is 3.36. The number of benzene rings is 2. The van der Waals surface area contributed by atoms with Gasteiger partial charge >= 0.3 is 12.1 Å². The third kappa shape index (κ3) is 8.76. The van der Waals surface area contributed by atoms with Crippen LogP contribution in [0.15, 0.2) is 53.4 Å². The first-order valence-electron chi connectivity index (χ1n) is 12.5. The normalized spacial score (nSPS) is 12.3. The molecule has 1 amide bonds. The number of halogens is 1. The van der Waals surface area contributed by atoms with Crippen LogP contribution in [0.4, 0.5) is 16.7 Å². The molecule has 1 atom stereocenters. The van der Waals surface area contributed by atoms with Crippen LogP contribution in [0.1, 0.15) is 31.9 Å². The number of nitrogens with one attached hydrogen (secondary N) is 1. The van der Waals surface area contributed by atoms with Crippen molar-refractivity contribution in [3.63, 3.8) is 0 Å². The third-order valence-electron chi connectivity index (χ3n) is 5.49. The van der Waals surface area contributed by atoms with Gasteiger partial charge in [0.15, 0.2) is 0 Å². The SMILES string of the molecule is Cc1ccc(S(=O)(=O)N(C)c2nc(Cl)nc(N[C@@H](Cc3ccc(OC(=O)N(C)C)cc3)C(=O)OC(C)(C)C)n2)cc1. The van der Waals surface area contributed by atoms with Gasteiger partial charge in [-0.05, 0) is 69.1 Å². The summed E-state index contributed by atoms with van der Waals surface area (Å²) in [6.45, 7) is 7.05. The number of anilines is 2. The van der Waals surface area contributed by atoms with Crippen molar-refractivity contribution in [2.75, 3.05) is 30.8 Å². The Morgan fingerprint density at radius 3 is 2.15 bits per heavy atom. The monoisotopic (exact) mass is 604 g/mol. The quantitative estimate of drug-likeness (QED) is 0.355. The molecule has 0 radical (unpaired) electrons. The summed E-state index contributed by atoms with van der Waals surface area (Å²) < 4.78 is 38.1. The molecule has 14 heteroatoms. The van der Waals surface area contributed by atoms with Crippen LogP contribution in [0.5, 0.6) is 5.75 Å². The minimum absolute atomic E-state index is 0.0444. The molecular weight excluding hydrogens is 572 g/mol. The Kier molecular flexibility index (Phi) is 9.77. The van der Waals surface area contributed by atoms with Gasteiger partial charge in [-0.1, -0.05) is 29.8 Å². The van der Waals surface area contributed by atoms with Crippen molar-refractivity contribution in [3.8, 4) is 5.75 Å². The van der Waals surface area contributed by atoms with Crippen LogP contribution in [-0.4, -0.2) is 73.1 Å². The van der Waals surface area contributed by atoms with Crippen molar-refractivity contribution >= 4 is 45.6 Å². The van der Waals surface area contributed by atoms with Crippen LogP contribution in [0.2, 0.25) is 5.28 Å². The van der Waals surface area contributed by atoms with E-state index in [1.54, 1.807) is 71.3 Å². The van der Waals surface area contributed by atoms with Crippen LogP contribution in [0, 0.1) is 6.92 Å². The first-order chi connectivity index (χ1) is 19.0. The number of sulfonamides is 1. The highest BCUT2D eigenvalue weighted by molar-refractivity contribution is 7.92. The largest absolute Gasteiger partial charge is 0.458 e. The number of ether oxygens (including phenoxy) is 2. The number of rotatable bonds is 9. The van der Waals surface area contributed by atoms with Gasteiger partial charge in [0.1, 0.15) is 17.4 Å². The fourth-order valence-corrected chi connectivity index (χ4v) is 4.61. The summed E-state index contributed by atoms with van der Waals surface area (Å²) in [6.07, 6.45) is -0.393. The lowest BCUT2D eigenvalue weighted by Gasteiger charge is -2.25. The topological polar surface area (TPSA) is 144 Å². The standard InChI is InChI=1S/C27H33ClN6O6S/c1-17-8-14-20(15-9-17)41(37,38)34(7)25-31-23(28)30-24(32-25)29-21(22(35)40-27(2,3)4)16-18-10-12-19(13-11-18)39-26(36)33(5)6/h8-15,21H,16H2,1-7H3,(H,29,30,31,32)/t21-/m0/s1. The summed E-state index contributed by atoms with van der Waals surface area (Å²) in [5, 5.41) is 2.63. The summed E-state index contributed by atoms with van der Waals surface area (Å²) in [5.41, 5.74) is 0.821. The summed E-state index contributed by atoms with van der Waals surface area (Å²) in [5.74, 6) is -0.637. The molecule has 0 saturated heterocycles. The molecule has 0 unspecified atom stereocenters. The molecule has 3 aromatic rings. The Bertz CT molecular complexity index is 1490. The van der Waals surface area contributed by atoms with Gasteiger partial charge in [-0.3, -0.25) is 0 Å². The highest BCUT2D eigenvalue weighted by Gasteiger charge is 2.28. The van der Waals surface area contributed by atoms with E-state index in [4.69, 9.17) is 21.1 Å². The number of aryl methyl sites for hydroxylation is 1. The average Bonchev–Trinajstić information content (AvgIpc) is 2.87. The van der Waals surface area contributed by atoms with E-state index >= 15 is 0 Å². The van der Waals surface area contributed by atoms with E-state index in [1.165, 1.54) is 24.1 Å². The van der Waals surface area contributed by atoms with E-state index in [0.717, 1.165) is 9.87 Å². The minimum atomic E-state index is -4.01. The van der Waals surface area contributed by atoms with Gasteiger partial charge < -0.3 is 19.7 Å². The Morgan fingerprint density at radius 1 is 0.976 bits per heavy atom. The lowest BCUT2D eigenvalue weighted by Crippen LogP contribution is -2.38. The van der Waals surface area contributed by atoms with Crippen molar-refractivity contribution in [1.82, 2.24) is 19.9 Å². The van der Waals surface area contributed by atoms with Crippen LogP contribution >= 0.6 is 11.6 Å². The van der Waals surface area contributed by atoms with Gasteiger partial charge in [-0.15, -0.1) is 0 Å². The maximum Gasteiger partial charge on any atom is 0.414 e. The predicted molar refractivity (Wildman–Crippen MR) is 155 cm³/mol. The zero-order valence-electron chi connectivity index (χ0n) is 23.9. The Balaban J connectivity index is 1.89. The lowest BCUT2D eigenvalue weighted by atomic mass is 10.1. The molecule has 0 spiro atoms. The van der Waals surface area contributed by atoms with E-state index in [2.05, 4.69) is 20.3 Å². The molecule has 0 fully saturated rings. The molecule has 0 aliphatic carbocycles. The number of carbonyl (C=O) groups is 2. The van der Waals surface area contributed by atoms with Gasteiger partial charge in [0.2, 0.25) is 17.2 Å². The predicted octanol–water partition coefficient (Wildman–Crippen LogP) is 4.08. The minimum Gasteiger partial charge on any atom is -0.458 e. The molecule has 12 nitrogen and oxygen atoms in total. The molecule has 1 heterocycles. The summed E-state index contributed by atoms with van der Waals surface area (Å²) in [7, 11) is 0.422. The lowest BCUT2D eigenvalue weighted by molar-refractivity contribution is -0.155. The zero-order chi connectivity index (χ0) is 30.5. The van der Waals surface area contributed by atoms with Crippen LogP contribution in [0.25, 0.3) is 0 Å². The number of hydrogen-bond acceptors (Lipinski definition) is 10. The van der Waals surface area contributed by atoms with E-state index in [9.17, 15) is 18.0 Å². The number of nitrogens with zero attached hydrogens (tertiary/aromatic N) is 5. The number of carbonyl (C=O) groups excluding carboxylic acids is 2. The van der Waals surface area contributed by atoms with Gasteiger partial charge in [-0.2, -0.15) is 15.0 Å². The zero-order valence-corrected chi connectivity index (χ0v) is 25.4. The molecule has 0 aliphatic heterocycles. The first-order valence-corrected chi connectivity index (χ1v) is 14.3. The van der Waals surface area contributed by atoms with E-state index in [0.29, 0.717) is 11.3 Å². The van der Waals surface area contributed by atoms with Gasteiger partial charge in [0.05, 0.1) is 4.90 Å². The number of hydrogen-bond donors (Lipinski definition) is 1. The maximum absolute atomic E-state index is 13.2. The van der Waals surface area contributed by atoms with E-state index in [1.807, 2.05) is 6.92 Å². The highest BCUT2D eigenvalue weighted by Crippen LogP contribution is 2.23. The molecule has 1 aromatic heterocycles. The molecular formula is C27H33ClN6O6S. The molecule has 220 valence electrons. The summed E-state index contributed by atoms with van der Waals surface area (Å²) >= 11 is 6.14. The van der Waals surface area contributed by atoms with Gasteiger partial charge in [-0.25, -0.2) is 22.3 Å². The van der Waals surface area contributed by atoms with Gasteiger partial charge in [0.25, 0.3) is 10.0 Å². The van der Waals surface area contributed by atoms with E-state index in [-0.39, 0.29) is 28.5 Å². The Morgan fingerprint density at radius 2 is 1.59 bits per heavy atom. The summed E-state index contributed by atoms with van der Waals surface area (Å²) in [6, 6.07) is 11.9.